The van der Waals surface area contributed by atoms with Crippen molar-refractivity contribution in [1.29, 1.82) is 5.41 Å². The highest BCUT2D eigenvalue weighted by molar-refractivity contribution is 7.99. The van der Waals surface area contributed by atoms with Gasteiger partial charge in [-0.3, -0.25) is 5.41 Å². The van der Waals surface area contributed by atoms with Gasteiger partial charge in [0.1, 0.15) is 11.7 Å². The lowest BCUT2D eigenvalue weighted by atomic mass is 10.1. The summed E-state index contributed by atoms with van der Waals surface area (Å²) in [5.74, 6) is 1.39. The average Bonchev–Trinajstić information content (AvgIpc) is 2.80. The zero-order chi connectivity index (χ0) is 12.3. The Bertz CT molecular complexity index is 414. The maximum absolute atomic E-state index is 13.7. The normalized spacial score (nSPS) is 16.3. The van der Waals surface area contributed by atoms with Crippen LogP contribution in [0.5, 0.6) is 0 Å². The number of benzene rings is 1. The predicted molar refractivity (Wildman–Crippen MR) is 70.1 cm³/mol. The molecule has 0 saturated heterocycles. The van der Waals surface area contributed by atoms with Crippen LogP contribution in [0.15, 0.2) is 23.1 Å². The van der Waals surface area contributed by atoms with Crippen molar-refractivity contribution in [3.05, 3.63) is 29.6 Å². The Kier molecular flexibility index (Phi) is 4.05. The third-order valence-corrected chi connectivity index (χ3v) is 4.47. The number of hydrogen-bond donors (Lipinski definition) is 2. The first-order chi connectivity index (χ1) is 8.16. The van der Waals surface area contributed by atoms with E-state index in [1.165, 1.54) is 31.7 Å². The van der Waals surface area contributed by atoms with E-state index in [0.717, 1.165) is 11.7 Å². The Labute approximate surface area is 105 Å². The van der Waals surface area contributed by atoms with E-state index in [0.29, 0.717) is 10.5 Å². The summed E-state index contributed by atoms with van der Waals surface area (Å²) in [4.78, 5) is 0.668. The maximum Gasteiger partial charge on any atom is 0.137 e. The third kappa shape index (κ3) is 3.22. The second-order valence-electron chi connectivity index (χ2n) is 4.52. The molecule has 0 aromatic heterocycles. The highest BCUT2D eigenvalue weighted by Gasteiger charge is 2.16. The van der Waals surface area contributed by atoms with Crippen molar-refractivity contribution in [3.63, 3.8) is 0 Å². The minimum atomic E-state index is -0.263. The molecule has 0 bridgehead atoms. The first-order valence-corrected chi connectivity index (χ1v) is 6.92. The van der Waals surface area contributed by atoms with Crippen molar-refractivity contribution < 1.29 is 4.39 Å². The summed E-state index contributed by atoms with van der Waals surface area (Å²) in [7, 11) is 0. The van der Waals surface area contributed by atoms with E-state index in [1.54, 1.807) is 23.9 Å². The fourth-order valence-electron chi connectivity index (χ4n) is 2.17. The molecule has 17 heavy (non-hydrogen) atoms. The van der Waals surface area contributed by atoms with Crippen molar-refractivity contribution >= 4 is 17.6 Å². The second kappa shape index (κ2) is 5.54. The van der Waals surface area contributed by atoms with Gasteiger partial charge in [-0.1, -0.05) is 12.8 Å². The first kappa shape index (κ1) is 12.4. The Morgan fingerprint density at radius 3 is 2.71 bits per heavy atom. The van der Waals surface area contributed by atoms with E-state index < -0.39 is 0 Å². The first-order valence-electron chi connectivity index (χ1n) is 5.93. The molecule has 92 valence electrons. The van der Waals surface area contributed by atoms with Crippen LogP contribution in [0.2, 0.25) is 0 Å². The van der Waals surface area contributed by atoms with Crippen LogP contribution >= 0.6 is 11.8 Å². The molecule has 2 rings (SSSR count). The summed E-state index contributed by atoms with van der Waals surface area (Å²) in [6.07, 6.45) is 5.19. The average molecular weight is 252 g/mol. The SMILES string of the molecule is N=C(N)c1ccc(SCC2CCCC2)c(F)c1. The second-order valence-corrected chi connectivity index (χ2v) is 5.58. The minimum absolute atomic E-state index is 0.0868. The molecule has 0 spiro atoms. The Morgan fingerprint density at radius 2 is 2.12 bits per heavy atom. The predicted octanol–water partition coefficient (Wildman–Crippen LogP) is 3.39. The zero-order valence-electron chi connectivity index (χ0n) is 9.71. The molecule has 1 aromatic carbocycles. The largest absolute Gasteiger partial charge is 0.384 e. The van der Waals surface area contributed by atoms with Gasteiger partial charge < -0.3 is 5.73 Å². The smallest absolute Gasteiger partial charge is 0.137 e. The highest BCUT2D eigenvalue weighted by atomic mass is 32.2. The summed E-state index contributed by atoms with van der Waals surface area (Å²) < 4.78 is 13.7. The van der Waals surface area contributed by atoms with Crippen molar-refractivity contribution in [2.75, 3.05) is 5.75 Å². The number of nitrogen functional groups attached to an aromatic ring is 1. The van der Waals surface area contributed by atoms with E-state index in [-0.39, 0.29) is 11.7 Å². The lowest BCUT2D eigenvalue weighted by Crippen LogP contribution is -2.11. The lowest BCUT2D eigenvalue weighted by molar-refractivity contribution is 0.598. The van der Waals surface area contributed by atoms with Crippen LogP contribution < -0.4 is 5.73 Å². The number of hydrogen-bond acceptors (Lipinski definition) is 2. The van der Waals surface area contributed by atoms with Gasteiger partial charge in [0.15, 0.2) is 0 Å². The molecule has 0 radical (unpaired) electrons. The fraction of sp³-hybridized carbons (Fsp3) is 0.462. The fourth-order valence-corrected chi connectivity index (χ4v) is 3.28. The van der Waals surface area contributed by atoms with Gasteiger partial charge in [0.2, 0.25) is 0 Å². The van der Waals surface area contributed by atoms with Crippen LogP contribution in [0.4, 0.5) is 4.39 Å². The molecule has 0 amide bonds. The lowest BCUT2D eigenvalue weighted by Gasteiger charge is -2.09. The van der Waals surface area contributed by atoms with E-state index >= 15 is 0 Å². The summed E-state index contributed by atoms with van der Waals surface area (Å²) in [5, 5.41) is 7.24. The Balaban J connectivity index is 1.98. The zero-order valence-corrected chi connectivity index (χ0v) is 10.5. The maximum atomic E-state index is 13.7. The Morgan fingerprint density at radius 1 is 1.41 bits per heavy atom. The molecule has 1 fully saturated rings. The molecule has 1 aromatic rings. The van der Waals surface area contributed by atoms with Gasteiger partial charge in [-0.25, -0.2) is 4.39 Å². The quantitative estimate of drug-likeness (QED) is 0.490. The molecule has 0 atom stereocenters. The summed E-state index contributed by atoms with van der Waals surface area (Å²) in [6, 6.07) is 4.79. The van der Waals surface area contributed by atoms with Gasteiger partial charge >= 0.3 is 0 Å². The van der Waals surface area contributed by atoms with Crippen LogP contribution in [0.3, 0.4) is 0 Å². The standard InChI is InChI=1S/C13H17FN2S/c14-11-7-10(13(15)16)5-6-12(11)17-8-9-3-1-2-4-9/h5-7,9H,1-4,8H2,(H3,15,16). The van der Waals surface area contributed by atoms with Crippen LogP contribution in [0.1, 0.15) is 31.2 Å². The number of rotatable bonds is 4. The molecule has 3 N–H and O–H groups in total. The monoisotopic (exact) mass is 252 g/mol. The van der Waals surface area contributed by atoms with Crippen LogP contribution in [-0.4, -0.2) is 11.6 Å². The number of nitrogens with one attached hydrogen (secondary N) is 1. The molecule has 0 unspecified atom stereocenters. The van der Waals surface area contributed by atoms with Gasteiger partial charge in [0.05, 0.1) is 0 Å². The molecule has 0 heterocycles. The molecule has 1 saturated carbocycles. The van der Waals surface area contributed by atoms with Crippen molar-refractivity contribution in [1.82, 2.24) is 0 Å². The van der Waals surface area contributed by atoms with Gasteiger partial charge in [0.25, 0.3) is 0 Å². The van der Waals surface area contributed by atoms with E-state index in [1.807, 2.05) is 0 Å². The topological polar surface area (TPSA) is 49.9 Å². The van der Waals surface area contributed by atoms with Crippen molar-refractivity contribution in [2.24, 2.45) is 11.7 Å². The van der Waals surface area contributed by atoms with Gasteiger partial charge in [-0.15, -0.1) is 11.8 Å². The van der Waals surface area contributed by atoms with Crippen molar-refractivity contribution in [3.8, 4) is 0 Å². The van der Waals surface area contributed by atoms with Gasteiger partial charge in [-0.2, -0.15) is 0 Å². The molecular weight excluding hydrogens is 235 g/mol. The molecule has 2 nitrogen and oxygen atoms in total. The number of thioether (sulfide) groups is 1. The Hall–Kier alpha value is -1.03. The van der Waals surface area contributed by atoms with Crippen LogP contribution in [-0.2, 0) is 0 Å². The third-order valence-electron chi connectivity index (χ3n) is 3.19. The van der Waals surface area contributed by atoms with E-state index in [4.69, 9.17) is 11.1 Å². The minimum Gasteiger partial charge on any atom is -0.384 e. The van der Waals surface area contributed by atoms with Crippen molar-refractivity contribution in [2.45, 2.75) is 30.6 Å². The molecule has 0 aliphatic heterocycles. The van der Waals surface area contributed by atoms with Gasteiger partial charge in [-0.05, 0) is 37.0 Å². The molecule has 1 aliphatic carbocycles. The number of halogens is 1. The summed E-state index contributed by atoms with van der Waals surface area (Å²) in [5.41, 5.74) is 5.77. The number of amidine groups is 1. The highest BCUT2D eigenvalue weighted by Crippen LogP contribution is 2.32. The summed E-state index contributed by atoms with van der Waals surface area (Å²) in [6.45, 7) is 0. The van der Waals surface area contributed by atoms with Crippen LogP contribution in [0, 0.1) is 17.1 Å². The van der Waals surface area contributed by atoms with E-state index in [9.17, 15) is 4.39 Å². The molecular formula is C13H17FN2S. The number of nitrogens with two attached hydrogens (primary N) is 1. The molecule has 4 heteroatoms. The van der Waals surface area contributed by atoms with E-state index in [2.05, 4.69) is 0 Å². The van der Waals surface area contributed by atoms with Gasteiger partial charge in [0, 0.05) is 16.2 Å². The molecule has 1 aliphatic rings. The summed E-state index contributed by atoms with van der Waals surface area (Å²) >= 11 is 1.58. The van der Waals surface area contributed by atoms with Crippen LogP contribution in [0.25, 0.3) is 0 Å².